The molecule has 0 fully saturated rings. The largest absolute Gasteiger partial charge is 0.481 e. The molecule has 118 valence electrons. The van der Waals surface area contributed by atoms with E-state index in [1.807, 2.05) is 30.3 Å². The smallest absolute Gasteiger partial charge is 0.266 e. The lowest BCUT2D eigenvalue weighted by Crippen LogP contribution is -2.30. The van der Waals surface area contributed by atoms with Crippen LogP contribution in [0.2, 0.25) is 0 Å². The molecule has 1 aromatic carbocycles. The van der Waals surface area contributed by atoms with Gasteiger partial charge in [0, 0.05) is 5.25 Å². The zero-order valence-electron chi connectivity index (χ0n) is 12.8. The number of carbonyl (C=O) groups is 1. The number of hydrogen-bond acceptors (Lipinski definition) is 6. The highest BCUT2D eigenvalue weighted by molar-refractivity contribution is 8.01. The molecule has 5 nitrogen and oxygen atoms in total. The molecule has 0 aliphatic rings. The predicted octanol–water partition coefficient (Wildman–Crippen LogP) is 3.83. The van der Waals surface area contributed by atoms with Gasteiger partial charge < -0.3 is 4.74 Å². The van der Waals surface area contributed by atoms with E-state index in [1.54, 1.807) is 18.7 Å². The number of nitrogens with one attached hydrogen (secondary N) is 1. The van der Waals surface area contributed by atoms with Crippen molar-refractivity contribution in [2.24, 2.45) is 0 Å². The molecule has 2 rings (SSSR count). The fraction of sp³-hybridized carbons (Fsp3) is 0.400. The fourth-order valence-electron chi connectivity index (χ4n) is 1.53. The molecule has 0 saturated heterocycles. The Morgan fingerprint density at radius 3 is 2.73 bits per heavy atom. The molecule has 22 heavy (non-hydrogen) atoms. The number of ether oxygens (including phenoxy) is 1. The molecule has 0 saturated carbocycles. The van der Waals surface area contributed by atoms with Crippen LogP contribution in [0.5, 0.6) is 5.75 Å². The van der Waals surface area contributed by atoms with Crippen LogP contribution in [-0.2, 0) is 4.79 Å². The Hall–Kier alpha value is -1.60. The summed E-state index contributed by atoms with van der Waals surface area (Å²) in [6.45, 7) is 5.97. The second-order valence-electron chi connectivity index (χ2n) is 4.77. The Balaban J connectivity index is 1.88. The lowest BCUT2D eigenvalue weighted by Gasteiger charge is -2.13. The number of benzene rings is 1. The van der Waals surface area contributed by atoms with Crippen molar-refractivity contribution in [2.75, 3.05) is 5.32 Å². The SMILES string of the molecule is CC[C@@H](C)Sc1nnc(NC(=O)[C@@H](C)Oc2ccccc2)s1. The normalized spacial score (nSPS) is 13.4. The van der Waals surface area contributed by atoms with E-state index in [0.29, 0.717) is 16.1 Å². The lowest BCUT2D eigenvalue weighted by molar-refractivity contribution is -0.122. The number of rotatable bonds is 7. The van der Waals surface area contributed by atoms with Gasteiger partial charge in [-0.05, 0) is 25.5 Å². The monoisotopic (exact) mass is 337 g/mol. The van der Waals surface area contributed by atoms with E-state index >= 15 is 0 Å². The van der Waals surface area contributed by atoms with Gasteiger partial charge in [0.1, 0.15) is 5.75 Å². The summed E-state index contributed by atoms with van der Waals surface area (Å²) in [5.41, 5.74) is 0. The standard InChI is InChI=1S/C15H19N3O2S2/c1-4-10(2)21-15-18-17-14(22-15)16-13(19)11(3)20-12-8-6-5-7-9-12/h5-11H,4H2,1-3H3,(H,16,17,19)/t10-,11-/m1/s1. The summed E-state index contributed by atoms with van der Waals surface area (Å²) in [4.78, 5) is 12.1. The Kier molecular flexibility index (Phi) is 6.21. The molecule has 1 amide bonds. The van der Waals surface area contributed by atoms with Gasteiger partial charge in [0.2, 0.25) is 5.13 Å². The maximum Gasteiger partial charge on any atom is 0.266 e. The number of para-hydroxylation sites is 1. The van der Waals surface area contributed by atoms with Crippen LogP contribution >= 0.6 is 23.1 Å². The highest BCUT2D eigenvalue weighted by Crippen LogP contribution is 2.30. The molecule has 0 radical (unpaired) electrons. The predicted molar refractivity (Wildman–Crippen MR) is 90.7 cm³/mol. The summed E-state index contributed by atoms with van der Waals surface area (Å²) in [7, 11) is 0. The Bertz CT molecular complexity index is 604. The van der Waals surface area contributed by atoms with Crippen LogP contribution in [0.1, 0.15) is 27.2 Å². The maximum absolute atomic E-state index is 12.1. The van der Waals surface area contributed by atoms with Gasteiger partial charge >= 0.3 is 0 Å². The summed E-state index contributed by atoms with van der Waals surface area (Å²) in [6, 6.07) is 9.26. The van der Waals surface area contributed by atoms with E-state index in [9.17, 15) is 4.79 Å². The first-order valence-corrected chi connectivity index (χ1v) is 8.80. The number of hydrogen-bond donors (Lipinski definition) is 1. The molecule has 0 spiro atoms. The fourth-order valence-corrected chi connectivity index (χ4v) is 3.53. The van der Waals surface area contributed by atoms with Gasteiger partial charge in [-0.3, -0.25) is 10.1 Å². The molecule has 2 atom stereocenters. The maximum atomic E-state index is 12.1. The van der Waals surface area contributed by atoms with E-state index in [4.69, 9.17) is 4.74 Å². The molecular weight excluding hydrogens is 318 g/mol. The van der Waals surface area contributed by atoms with Crippen LogP contribution in [0.3, 0.4) is 0 Å². The minimum atomic E-state index is -0.600. The van der Waals surface area contributed by atoms with Gasteiger partial charge in [-0.1, -0.05) is 55.1 Å². The minimum absolute atomic E-state index is 0.236. The molecule has 1 heterocycles. The number of aromatic nitrogens is 2. The van der Waals surface area contributed by atoms with E-state index in [1.165, 1.54) is 11.3 Å². The van der Waals surface area contributed by atoms with E-state index in [0.717, 1.165) is 10.8 Å². The molecule has 2 aromatic rings. The molecule has 0 unspecified atom stereocenters. The zero-order valence-corrected chi connectivity index (χ0v) is 14.4. The van der Waals surface area contributed by atoms with E-state index in [2.05, 4.69) is 29.4 Å². The Labute approximate surface area is 138 Å². The summed E-state index contributed by atoms with van der Waals surface area (Å²) in [5.74, 6) is 0.426. The summed E-state index contributed by atoms with van der Waals surface area (Å²) >= 11 is 3.05. The molecular formula is C15H19N3O2S2. The average Bonchev–Trinajstić information content (AvgIpc) is 2.95. The third kappa shape index (κ3) is 4.99. The van der Waals surface area contributed by atoms with Gasteiger partial charge in [-0.15, -0.1) is 10.2 Å². The van der Waals surface area contributed by atoms with Crippen molar-refractivity contribution < 1.29 is 9.53 Å². The highest BCUT2D eigenvalue weighted by Gasteiger charge is 2.17. The number of thioether (sulfide) groups is 1. The summed E-state index contributed by atoms with van der Waals surface area (Å²) in [6.07, 6.45) is 0.463. The van der Waals surface area contributed by atoms with E-state index in [-0.39, 0.29) is 5.91 Å². The number of anilines is 1. The van der Waals surface area contributed by atoms with Crippen molar-refractivity contribution >= 4 is 34.1 Å². The topological polar surface area (TPSA) is 64.1 Å². The van der Waals surface area contributed by atoms with Gasteiger partial charge in [-0.2, -0.15) is 0 Å². The van der Waals surface area contributed by atoms with E-state index < -0.39 is 6.10 Å². The van der Waals surface area contributed by atoms with Crippen LogP contribution in [-0.4, -0.2) is 27.5 Å². The third-order valence-electron chi connectivity index (χ3n) is 2.94. The quantitative estimate of drug-likeness (QED) is 0.614. The molecule has 7 heteroatoms. The second kappa shape index (κ2) is 8.14. The van der Waals surface area contributed by atoms with Crippen molar-refractivity contribution in [1.29, 1.82) is 0 Å². The van der Waals surface area contributed by atoms with Crippen LogP contribution in [0.25, 0.3) is 0 Å². The summed E-state index contributed by atoms with van der Waals surface area (Å²) in [5, 5.41) is 11.8. The van der Waals surface area contributed by atoms with Gasteiger partial charge in [-0.25, -0.2) is 0 Å². The molecule has 0 aliphatic carbocycles. The summed E-state index contributed by atoms with van der Waals surface area (Å²) < 4.78 is 6.44. The van der Waals surface area contributed by atoms with Crippen LogP contribution in [0.15, 0.2) is 34.7 Å². The number of carbonyl (C=O) groups excluding carboxylic acids is 1. The van der Waals surface area contributed by atoms with Crippen LogP contribution in [0.4, 0.5) is 5.13 Å². The highest BCUT2D eigenvalue weighted by atomic mass is 32.2. The van der Waals surface area contributed by atoms with Crippen molar-refractivity contribution in [3.63, 3.8) is 0 Å². The number of amides is 1. The Morgan fingerprint density at radius 1 is 1.32 bits per heavy atom. The van der Waals surface area contributed by atoms with Crippen molar-refractivity contribution in [2.45, 2.75) is 42.9 Å². The first kappa shape index (κ1) is 16.8. The second-order valence-corrected chi connectivity index (χ2v) is 7.44. The lowest BCUT2D eigenvalue weighted by atomic mass is 10.3. The first-order valence-electron chi connectivity index (χ1n) is 7.11. The van der Waals surface area contributed by atoms with Gasteiger partial charge in [0.15, 0.2) is 10.4 Å². The van der Waals surface area contributed by atoms with Crippen molar-refractivity contribution in [3.8, 4) is 5.75 Å². The molecule has 0 bridgehead atoms. The van der Waals surface area contributed by atoms with Crippen molar-refractivity contribution in [1.82, 2.24) is 10.2 Å². The minimum Gasteiger partial charge on any atom is -0.481 e. The molecule has 0 aliphatic heterocycles. The average molecular weight is 337 g/mol. The third-order valence-corrected chi connectivity index (χ3v) is 5.13. The molecule has 1 aromatic heterocycles. The van der Waals surface area contributed by atoms with Crippen molar-refractivity contribution in [3.05, 3.63) is 30.3 Å². The van der Waals surface area contributed by atoms with Gasteiger partial charge in [0.05, 0.1) is 0 Å². The molecule has 1 N–H and O–H groups in total. The van der Waals surface area contributed by atoms with Gasteiger partial charge in [0.25, 0.3) is 5.91 Å². The van der Waals surface area contributed by atoms with Crippen LogP contribution in [0, 0.1) is 0 Å². The first-order chi connectivity index (χ1) is 10.6. The Morgan fingerprint density at radius 2 is 2.05 bits per heavy atom. The zero-order chi connectivity index (χ0) is 15.9. The number of nitrogens with zero attached hydrogens (tertiary/aromatic N) is 2. The van der Waals surface area contributed by atoms with Crippen LogP contribution < -0.4 is 10.1 Å².